The highest BCUT2D eigenvalue weighted by atomic mass is 19.4. The van der Waals surface area contributed by atoms with E-state index in [-0.39, 0.29) is 116 Å². The van der Waals surface area contributed by atoms with Crippen LogP contribution in [-0.4, -0.2) is 64.7 Å². The van der Waals surface area contributed by atoms with E-state index in [1.807, 2.05) is 48.5 Å². The summed E-state index contributed by atoms with van der Waals surface area (Å²) in [7, 11) is 0. The van der Waals surface area contributed by atoms with Crippen molar-refractivity contribution >= 4 is 23.9 Å². The number of halogens is 3. The van der Waals surface area contributed by atoms with E-state index in [0.29, 0.717) is 43.6 Å². The van der Waals surface area contributed by atoms with Crippen molar-refractivity contribution in [2.75, 3.05) is 6.61 Å². The van der Waals surface area contributed by atoms with Gasteiger partial charge in [0.25, 0.3) is 0 Å². The number of fused-ring (bicyclic) bond motifs is 2. The number of cyclic esters (lactones) is 1. The molecule has 1 saturated heterocycles. The number of carbonyl (C=O) groups excluding carboxylic acids is 4. The average Bonchev–Trinajstić information content (AvgIpc) is 3.72. The van der Waals surface area contributed by atoms with Crippen LogP contribution in [0.3, 0.4) is 0 Å². The van der Waals surface area contributed by atoms with Crippen molar-refractivity contribution in [3.63, 3.8) is 0 Å². The number of rotatable bonds is 12. The first-order valence-corrected chi connectivity index (χ1v) is 22.4. The Morgan fingerprint density at radius 2 is 1.23 bits per heavy atom. The standard InChI is InChI=1S/C18H30O2.C17H27F3O3.C11H18O4.6CH4/c1-5-17(3,4)16(19)20-18(6-2)14-8-12-7-13(10-14)11-15(18)9-12;1-5-15(2,3)14(21)23-13-8-10-6-11(12(13)7-10)9-16(4,22)17(18,19)20;1-4-8(2)10(13)15-11(3)5-6-14-9(12)7-11;;;;;;/h12-15H,5-11H2,1-4H3;10-13,22H,5-9H2,1-4H3;8H,4-7H2,1-3H3;6*1H4. The largest absolute Gasteiger partial charge is 0.465 e. The van der Waals surface area contributed by atoms with Gasteiger partial charge in [-0.15, -0.1) is 0 Å². The van der Waals surface area contributed by atoms with E-state index in [2.05, 4.69) is 13.8 Å². The molecule has 7 rings (SSSR count). The lowest BCUT2D eigenvalue weighted by Gasteiger charge is -2.60. The maximum atomic E-state index is 12.9. The van der Waals surface area contributed by atoms with Crippen LogP contribution in [-0.2, 0) is 38.1 Å². The zero-order valence-electron chi connectivity index (χ0n) is 37.4. The lowest BCUT2D eigenvalue weighted by molar-refractivity contribution is -0.260. The minimum atomic E-state index is -4.63. The molecule has 6 bridgehead atoms. The number of ether oxygens (including phenoxy) is 4. The molecule has 7 aliphatic rings. The minimum absolute atomic E-state index is 0. The van der Waals surface area contributed by atoms with Crippen LogP contribution < -0.4 is 0 Å². The van der Waals surface area contributed by atoms with Crippen molar-refractivity contribution in [3.8, 4) is 0 Å². The van der Waals surface area contributed by atoms with Gasteiger partial charge >= 0.3 is 30.1 Å². The molecule has 1 N–H and O–H groups in total. The van der Waals surface area contributed by atoms with Crippen molar-refractivity contribution in [3.05, 3.63) is 0 Å². The highest BCUT2D eigenvalue weighted by Crippen LogP contribution is 2.61. The van der Waals surface area contributed by atoms with Crippen LogP contribution in [0.1, 0.15) is 217 Å². The third-order valence-corrected chi connectivity index (χ3v) is 15.4. The first kappa shape index (κ1) is 65.9. The molecule has 12 heteroatoms. The fourth-order valence-electron chi connectivity index (χ4n) is 10.5. The van der Waals surface area contributed by atoms with Gasteiger partial charge in [0.1, 0.15) is 17.3 Å². The van der Waals surface area contributed by atoms with Gasteiger partial charge < -0.3 is 24.1 Å². The molecule has 0 spiro atoms. The van der Waals surface area contributed by atoms with Gasteiger partial charge in [-0.1, -0.05) is 79.2 Å². The first-order chi connectivity index (χ1) is 26.7. The van der Waals surface area contributed by atoms with E-state index in [0.717, 1.165) is 50.9 Å². The van der Waals surface area contributed by atoms with Crippen LogP contribution in [0, 0.1) is 58.2 Å². The van der Waals surface area contributed by atoms with E-state index in [1.54, 1.807) is 6.92 Å². The molecule has 7 fully saturated rings. The number of aliphatic hydroxyl groups is 1. The smallest absolute Gasteiger partial charge is 0.416 e. The van der Waals surface area contributed by atoms with E-state index >= 15 is 0 Å². The van der Waals surface area contributed by atoms with Crippen LogP contribution in [0.4, 0.5) is 13.2 Å². The minimum Gasteiger partial charge on any atom is -0.465 e. The molecule has 0 aromatic rings. The molecule has 0 aromatic heterocycles. The maximum Gasteiger partial charge on any atom is 0.416 e. The lowest BCUT2D eigenvalue weighted by atomic mass is 9.49. The highest BCUT2D eigenvalue weighted by Gasteiger charge is 2.59. The Balaban J connectivity index is -0.000000849. The summed E-state index contributed by atoms with van der Waals surface area (Å²) in [6, 6.07) is 0. The summed E-state index contributed by atoms with van der Waals surface area (Å²) in [5, 5.41) is 9.74. The fourth-order valence-corrected chi connectivity index (χ4v) is 10.5. The van der Waals surface area contributed by atoms with Crippen molar-refractivity contribution < 1.29 is 56.4 Å². The number of alkyl halides is 3. The molecule has 0 radical (unpaired) electrons. The van der Waals surface area contributed by atoms with Crippen LogP contribution in [0.2, 0.25) is 0 Å². The maximum absolute atomic E-state index is 12.9. The predicted molar refractivity (Wildman–Crippen MR) is 254 cm³/mol. The Morgan fingerprint density at radius 3 is 1.66 bits per heavy atom. The molecule has 64 heavy (non-hydrogen) atoms. The summed E-state index contributed by atoms with van der Waals surface area (Å²) in [6.45, 7) is 20.6. The second kappa shape index (κ2) is 25.1. The van der Waals surface area contributed by atoms with Crippen LogP contribution >= 0.6 is 0 Å². The Morgan fingerprint density at radius 1 is 0.750 bits per heavy atom. The molecule has 6 saturated carbocycles. The summed E-state index contributed by atoms with van der Waals surface area (Å²) >= 11 is 0. The molecule has 0 aromatic carbocycles. The normalized spacial score (nSPS) is 32.0. The summed E-state index contributed by atoms with van der Waals surface area (Å²) in [4.78, 5) is 47.5. The quantitative estimate of drug-likeness (QED) is 0.150. The van der Waals surface area contributed by atoms with E-state index in [4.69, 9.17) is 18.9 Å². The van der Waals surface area contributed by atoms with Crippen molar-refractivity contribution in [2.24, 2.45) is 58.2 Å². The topological polar surface area (TPSA) is 125 Å². The molecular formula is C52H99F3O9. The second-order valence-corrected chi connectivity index (χ2v) is 20.7. The van der Waals surface area contributed by atoms with Crippen LogP contribution in [0.25, 0.3) is 0 Å². The second-order valence-electron chi connectivity index (χ2n) is 20.7. The number of carbonyl (C=O) groups is 4. The van der Waals surface area contributed by atoms with Crippen molar-refractivity contribution in [1.29, 1.82) is 0 Å². The molecule has 1 heterocycles. The number of esters is 4. The summed E-state index contributed by atoms with van der Waals surface area (Å²) in [5.74, 6) is 2.25. The van der Waals surface area contributed by atoms with Gasteiger partial charge in [-0.2, -0.15) is 13.2 Å². The zero-order chi connectivity index (χ0) is 43.6. The summed E-state index contributed by atoms with van der Waals surface area (Å²) in [6.07, 6.45) is 7.64. The van der Waals surface area contributed by atoms with E-state index in [9.17, 15) is 37.5 Å². The molecule has 0 amide bonds. The highest BCUT2D eigenvalue weighted by molar-refractivity contribution is 5.77. The van der Waals surface area contributed by atoms with Crippen LogP contribution in [0.15, 0.2) is 0 Å². The Bertz CT molecular complexity index is 1430. The van der Waals surface area contributed by atoms with Gasteiger partial charge in [0, 0.05) is 6.42 Å². The van der Waals surface area contributed by atoms with Gasteiger partial charge in [-0.25, -0.2) is 0 Å². The number of hydrogen-bond donors (Lipinski definition) is 1. The molecule has 382 valence electrons. The predicted octanol–water partition coefficient (Wildman–Crippen LogP) is 14.1. The fraction of sp³-hybridized carbons (Fsp3) is 0.923. The van der Waals surface area contributed by atoms with Crippen molar-refractivity contribution in [2.45, 2.75) is 246 Å². The van der Waals surface area contributed by atoms with Gasteiger partial charge in [-0.3, -0.25) is 19.2 Å². The molecule has 1 aliphatic heterocycles. The van der Waals surface area contributed by atoms with Crippen LogP contribution in [0.5, 0.6) is 0 Å². The molecule has 6 aliphatic carbocycles. The van der Waals surface area contributed by atoms with Gasteiger partial charge in [-0.05, 0) is 166 Å². The Hall–Kier alpha value is -2.37. The average molecular weight is 925 g/mol. The monoisotopic (exact) mass is 925 g/mol. The molecule has 7 unspecified atom stereocenters. The Labute approximate surface area is 390 Å². The molecule has 7 atom stereocenters. The van der Waals surface area contributed by atoms with Gasteiger partial charge in [0.15, 0.2) is 5.60 Å². The number of hydrogen-bond acceptors (Lipinski definition) is 9. The van der Waals surface area contributed by atoms with Gasteiger partial charge in [0.2, 0.25) is 0 Å². The molecular weight excluding hydrogens is 826 g/mol. The third kappa shape index (κ3) is 15.1. The third-order valence-electron chi connectivity index (χ3n) is 15.4. The summed E-state index contributed by atoms with van der Waals surface area (Å²) in [5.41, 5.74) is -4.39. The molecule has 9 nitrogen and oxygen atoms in total. The SMILES string of the molecule is C.C.C.C.C.C.CCC(C)(C)C(=O)OC1(CC)C2CC3CC(C2)CC1C3.CCC(C)(C)C(=O)OC1CC2CC(CC(C)(O)C(F)(F)F)C1C2.CCC(C)C(=O)OC1(C)CCOC(=O)C1. The lowest BCUT2D eigenvalue weighted by Crippen LogP contribution is -2.60. The van der Waals surface area contributed by atoms with E-state index < -0.39 is 22.8 Å². The first-order valence-electron chi connectivity index (χ1n) is 22.4. The summed E-state index contributed by atoms with van der Waals surface area (Å²) < 4.78 is 60.8. The van der Waals surface area contributed by atoms with Crippen molar-refractivity contribution in [1.82, 2.24) is 0 Å². The zero-order valence-corrected chi connectivity index (χ0v) is 37.4. The Kier molecular flexibility index (Phi) is 25.9. The van der Waals surface area contributed by atoms with Gasteiger partial charge in [0.05, 0.1) is 29.8 Å². The van der Waals surface area contributed by atoms with E-state index in [1.165, 1.54) is 32.1 Å².